The summed E-state index contributed by atoms with van der Waals surface area (Å²) in [6.45, 7) is 2.87. The van der Waals surface area contributed by atoms with Gasteiger partial charge < -0.3 is 4.57 Å². The maximum atomic E-state index is 12.7. The highest BCUT2D eigenvalue weighted by atomic mass is 19.4. The second-order valence-electron chi connectivity index (χ2n) is 4.73. The lowest BCUT2D eigenvalue weighted by Gasteiger charge is -2.29. The SMILES string of the molecule is CC(CN1CCn2c(nnc2C(F)(F)F)C1)C(=O)NN. The number of hydrogen-bond acceptors (Lipinski definition) is 5. The van der Waals surface area contributed by atoms with Gasteiger partial charge >= 0.3 is 6.18 Å². The smallest absolute Gasteiger partial charge is 0.305 e. The molecule has 10 heteroatoms. The Hall–Kier alpha value is -1.68. The highest BCUT2D eigenvalue weighted by molar-refractivity contribution is 5.77. The van der Waals surface area contributed by atoms with E-state index in [1.54, 1.807) is 6.92 Å². The van der Waals surface area contributed by atoms with Crippen LogP contribution in [0.3, 0.4) is 0 Å². The molecule has 1 aliphatic rings. The second kappa shape index (κ2) is 5.37. The van der Waals surface area contributed by atoms with Crippen molar-refractivity contribution < 1.29 is 18.0 Å². The quantitative estimate of drug-likeness (QED) is 0.455. The number of carbonyl (C=O) groups excluding carboxylic acids is 1. The van der Waals surface area contributed by atoms with E-state index in [9.17, 15) is 18.0 Å². The summed E-state index contributed by atoms with van der Waals surface area (Å²) in [4.78, 5) is 13.2. The molecule has 1 unspecified atom stereocenters. The first-order valence-electron chi connectivity index (χ1n) is 6.05. The molecule has 0 fully saturated rings. The number of carbonyl (C=O) groups is 1. The Balaban J connectivity index is 2.06. The van der Waals surface area contributed by atoms with Crippen LogP contribution < -0.4 is 11.3 Å². The van der Waals surface area contributed by atoms with Crippen LogP contribution in [0.25, 0.3) is 0 Å². The summed E-state index contributed by atoms with van der Waals surface area (Å²) < 4.78 is 39.1. The average Bonchev–Trinajstić information content (AvgIpc) is 2.80. The van der Waals surface area contributed by atoms with Crippen LogP contribution in [0.15, 0.2) is 0 Å². The number of nitrogens with one attached hydrogen (secondary N) is 1. The first-order chi connectivity index (χ1) is 9.32. The Kier molecular flexibility index (Phi) is 3.95. The standard InChI is InChI=1S/C10H15F3N6O/c1-6(8(20)15-14)4-18-2-3-19-7(5-18)16-17-9(19)10(11,12)13/h6H,2-5,14H2,1H3,(H,15,20). The third-order valence-corrected chi connectivity index (χ3v) is 3.21. The molecule has 0 aromatic carbocycles. The van der Waals surface area contributed by atoms with Crippen LogP contribution in [0, 0.1) is 5.92 Å². The lowest BCUT2D eigenvalue weighted by molar-refractivity contribution is -0.148. The first-order valence-corrected chi connectivity index (χ1v) is 6.05. The van der Waals surface area contributed by atoms with Gasteiger partial charge in [-0.3, -0.25) is 15.1 Å². The van der Waals surface area contributed by atoms with E-state index in [1.165, 1.54) is 0 Å². The number of hydrogen-bond donors (Lipinski definition) is 2. The molecule has 2 rings (SSSR count). The van der Waals surface area contributed by atoms with E-state index in [4.69, 9.17) is 5.84 Å². The lowest BCUT2D eigenvalue weighted by Crippen LogP contribution is -2.43. The zero-order valence-corrected chi connectivity index (χ0v) is 10.8. The van der Waals surface area contributed by atoms with Gasteiger partial charge in [0, 0.05) is 25.6 Å². The van der Waals surface area contributed by atoms with Gasteiger partial charge in [0.2, 0.25) is 11.7 Å². The molecule has 1 aliphatic heterocycles. The van der Waals surface area contributed by atoms with Crippen molar-refractivity contribution in [3.8, 4) is 0 Å². The molecular weight excluding hydrogens is 277 g/mol. The molecule has 20 heavy (non-hydrogen) atoms. The van der Waals surface area contributed by atoms with Crippen molar-refractivity contribution in [3.63, 3.8) is 0 Å². The van der Waals surface area contributed by atoms with Crippen LogP contribution in [0.4, 0.5) is 13.2 Å². The minimum absolute atomic E-state index is 0.147. The largest absolute Gasteiger partial charge is 0.451 e. The predicted molar refractivity (Wildman–Crippen MR) is 61.8 cm³/mol. The monoisotopic (exact) mass is 292 g/mol. The number of rotatable bonds is 3. The topological polar surface area (TPSA) is 89.1 Å². The highest BCUT2D eigenvalue weighted by Gasteiger charge is 2.39. The molecule has 0 spiro atoms. The van der Waals surface area contributed by atoms with Gasteiger partial charge in [-0.25, -0.2) is 5.84 Å². The first kappa shape index (κ1) is 14.7. The van der Waals surface area contributed by atoms with Crippen molar-refractivity contribution in [3.05, 3.63) is 11.6 Å². The van der Waals surface area contributed by atoms with Crippen LogP contribution in [0.2, 0.25) is 0 Å². The van der Waals surface area contributed by atoms with E-state index in [1.807, 2.05) is 10.3 Å². The zero-order valence-electron chi connectivity index (χ0n) is 10.8. The van der Waals surface area contributed by atoms with Gasteiger partial charge in [-0.1, -0.05) is 6.92 Å². The third kappa shape index (κ3) is 2.90. The molecule has 0 saturated carbocycles. The Morgan fingerprint density at radius 1 is 1.45 bits per heavy atom. The fraction of sp³-hybridized carbons (Fsp3) is 0.700. The summed E-state index contributed by atoms with van der Waals surface area (Å²) in [5.41, 5.74) is 2.05. The summed E-state index contributed by atoms with van der Waals surface area (Å²) in [7, 11) is 0. The fourth-order valence-corrected chi connectivity index (χ4v) is 2.19. The molecule has 0 radical (unpaired) electrons. The number of alkyl halides is 3. The van der Waals surface area contributed by atoms with Crippen molar-refractivity contribution >= 4 is 5.91 Å². The zero-order chi connectivity index (χ0) is 14.9. The number of nitrogens with two attached hydrogens (primary N) is 1. The molecule has 0 aliphatic carbocycles. The lowest BCUT2D eigenvalue weighted by atomic mass is 10.1. The number of nitrogens with zero attached hydrogens (tertiary/aromatic N) is 4. The van der Waals surface area contributed by atoms with E-state index >= 15 is 0 Å². The van der Waals surface area contributed by atoms with Crippen LogP contribution in [0.1, 0.15) is 18.6 Å². The van der Waals surface area contributed by atoms with E-state index < -0.39 is 12.0 Å². The molecule has 7 nitrogen and oxygen atoms in total. The number of halogens is 3. The molecule has 1 aromatic rings. The molecule has 112 valence electrons. The molecule has 1 amide bonds. The highest BCUT2D eigenvalue weighted by Crippen LogP contribution is 2.29. The second-order valence-corrected chi connectivity index (χ2v) is 4.73. The maximum absolute atomic E-state index is 12.7. The fourth-order valence-electron chi connectivity index (χ4n) is 2.19. The normalized spacial score (nSPS) is 17.6. The molecule has 0 saturated heterocycles. The molecule has 2 heterocycles. The van der Waals surface area contributed by atoms with E-state index in [0.717, 1.165) is 4.57 Å². The minimum atomic E-state index is -4.50. The third-order valence-electron chi connectivity index (χ3n) is 3.21. The van der Waals surface area contributed by atoms with Gasteiger partial charge in [0.05, 0.1) is 6.54 Å². The predicted octanol–water partition coefficient (Wildman–Crippen LogP) is -0.261. The summed E-state index contributed by atoms with van der Waals surface area (Å²) in [5, 5.41) is 6.77. The van der Waals surface area contributed by atoms with Gasteiger partial charge in [-0.15, -0.1) is 10.2 Å². The Morgan fingerprint density at radius 3 is 2.75 bits per heavy atom. The van der Waals surface area contributed by atoms with Crippen molar-refractivity contribution in [2.75, 3.05) is 13.1 Å². The van der Waals surface area contributed by atoms with Crippen LogP contribution >= 0.6 is 0 Å². The molecule has 1 atom stereocenters. The van der Waals surface area contributed by atoms with E-state index in [0.29, 0.717) is 13.1 Å². The summed E-state index contributed by atoms with van der Waals surface area (Å²) >= 11 is 0. The van der Waals surface area contributed by atoms with Crippen LogP contribution in [-0.2, 0) is 24.1 Å². The average molecular weight is 292 g/mol. The molecule has 1 aromatic heterocycles. The van der Waals surface area contributed by atoms with Gasteiger partial charge in [-0.05, 0) is 0 Å². The minimum Gasteiger partial charge on any atom is -0.305 e. The van der Waals surface area contributed by atoms with E-state index in [2.05, 4.69) is 10.2 Å². The number of amides is 1. The Labute approximate surface area is 112 Å². The Bertz CT molecular complexity index is 500. The van der Waals surface area contributed by atoms with Gasteiger partial charge in [0.15, 0.2) is 0 Å². The molecule has 0 bridgehead atoms. The van der Waals surface area contributed by atoms with Crippen LogP contribution in [0.5, 0.6) is 0 Å². The van der Waals surface area contributed by atoms with Crippen molar-refractivity contribution in [1.82, 2.24) is 25.1 Å². The molecule has 3 N–H and O–H groups in total. The maximum Gasteiger partial charge on any atom is 0.451 e. The molecular formula is C10H15F3N6O. The van der Waals surface area contributed by atoms with Gasteiger partial charge in [-0.2, -0.15) is 13.2 Å². The van der Waals surface area contributed by atoms with Crippen molar-refractivity contribution in [1.29, 1.82) is 0 Å². The number of aromatic nitrogens is 3. The van der Waals surface area contributed by atoms with E-state index in [-0.39, 0.29) is 30.7 Å². The number of hydrazine groups is 1. The van der Waals surface area contributed by atoms with Gasteiger partial charge in [0.1, 0.15) is 5.82 Å². The summed E-state index contributed by atoms with van der Waals surface area (Å²) in [5.74, 6) is 3.66. The number of fused-ring (bicyclic) bond motifs is 1. The van der Waals surface area contributed by atoms with Gasteiger partial charge in [0.25, 0.3) is 0 Å². The van der Waals surface area contributed by atoms with Crippen molar-refractivity contribution in [2.45, 2.75) is 26.2 Å². The summed E-state index contributed by atoms with van der Waals surface area (Å²) in [6, 6.07) is 0. The van der Waals surface area contributed by atoms with Crippen LogP contribution in [-0.4, -0.2) is 38.7 Å². The Morgan fingerprint density at radius 2 is 2.15 bits per heavy atom. The summed E-state index contributed by atoms with van der Waals surface area (Å²) in [6.07, 6.45) is -4.50. The van der Waals surface area contributed by atoms with Crippen molar-refractivity contribution in [2.24, 2.45) is 11.8 Å².